The Bertz CT molecular complexity index is 815. The summed E-state index contributed by atoms with van der Waals surface area (Å²) in [6.07, 6.45) is 4.09. The third-order valence-electron chi connectivity index (χ3n) is 4.50. The number of urea groups is 1. The first-order valence-corrected chi connectivity index (χ1v) is 8.90. The number of carbonyl (C=O) groups excluding carboxylic acids is 1. The van der Waals surface area contributed by atoms with Crippen LogP contribution in [0.25, 0.3) is 0 Å². The maximum absolute atomic E-state index is 12.1. The standard InChI is InChI=1S/C19H24N4O3/c1-26-16-8-6-14(7-9-16)13-21-19(25)20-10-11-23-18(24)12-15-4-2-3-5-17(15)22-23/h6-9,12H,2-5,10-11,13H2,1H3,(H2,20,21,25). The smallest absolute Gasteiger partial charge is 0.315 e. The minimum atomic E-state index is -0.271. The molecule has 138 valence electrons. The Kier molecular flexibility index (Phi) is 5.88. The van der Waals surface area contributed by atoms with E-state index in [1.54, 1.807) is 13.2 Å². The van der Waals surface area contributed by atoms with Crippen molar-refractivity contribution in [2.24, 2.45) is 0 Å². The first-order chi connectivity index (χ1) is 12.7. The van der Waals surface area contributed by atoms with Gasteiger partial charge in [-0.05, 0) is 48.9 Å². The molecule has 3 rings (SSSR count). The molecule has 0 saturated heterocycles. The molecule has 1 aromatic heterocycles. The van der Waals surface area contributed by atoms with Crippen LogP contribution in [0.2, 0.25) is 0 Å². The normalized spacial score (nSPS) is 13.0. The monoisotopic (exact) mass is 356 g/mol. The largest absolute Gasteiger partial charge is 0.497 e. The van der Waals surface area contributed by atoms with Crippen molar-refractivity contribution < 1.29 is 9.53 Å². The number of hydrogen-bond donors (Lipinski definition) is 2. The fraction of sp³-hybridized carbons (Fsp3) is 0.421. The Morgan fingerprint density at radius 3 is 2.73 bits per heavy atom. The van der Waals surface area contributed by atoms with Gasteiger partial charge in [-0.15, -0.1) is 0 Å². The number of amides is 2. The maximum Gasteiger partial charge on any atom is 0.315 e. The van der Waals surface area contributed by atoms with E-state index in [-0.39, 0.29) is 11.6 Å². The van der Waals surface area contributed by atoms with Crippen molar-refractivity contribution in [2.45, 2.75) is 38.8 Å². The molecule has 0 bridgehead atoms. The lowest BCUT2D eigenvalue weighted by molar-refractivity contribution is 0.240. The zero-order valence-corrected chi connectivity index (χ0v) is 15.0. The molecule has 1 heterocycles. The number of fused-ring (bicyclic) bond motifs is 1. The predicted molar refractivity (Wildman–Crippen MR) is 98.4 cm³/mol. The van der Waals surface area contributed by atoms with Crippen molar-refractivity contribution in [3.63, 3.8) is 0 Å². The van der Waals surface area contributed by atoms with Crippen molar-refractivity contribution in [1.82, 2.24) is 20.4 Å². The zero-order valence-electron chi connectivity index (χ0n) is 15.0. The van der Waals surface area contributed by atoms with Crippen LogP contribution in [0.15, 0.2) is 35.1 Å². The van der Waals surface area contributed by atoms with Gasteiger partial charge in [-0.2, -0.15) is 5.10 Å². The molecular weight excluding hydrogens is 332 g/mol. The summed E-state index contributed by atoms with van der Waals surface area (Å²) < 4.78 is 6.54. The predicted octanol–water partition coefficient (Wildman–Crippen LogP) is 1.63. The molecule has 7 heteroatoms. The lowest BCUT2D eigenvalue weighted by Gasteiger charge is -2.16. The Morgan fingerprint density at radius 2 is 1.96 bits per heavy atom. The van der Waals surface area contributed by atoms with Crippen LogP contribution < -0.4 is 20.9 Å². The second kappa shape index (κ2) is 8.51. The van der Waals surface area contributed by atoms with E-state index >= 15 is 0 Å². The topological polar surface area (TPSA) is 85.2 Å². The van der Waals surface area contributed by atoms with E-state index in [2.05, 4.69) is 15.7 Å². The third-order valence-corrected chi connectivity index (χ3v) is 4.50. The van der Waals surface area contributed by atoms with Gasteiger partial charge in [0.2, 0.25) is 0 Å². The van der Waals surface area contributed by atoms with Crippen molar-refractivity contribution in [3.05, 3.63) is 57.5 Å². The SMILES string of the molecule is COc1ccc(CNC(=O)NCCn2nc3c(cc2=O)CCCC3)cc1. The summed E-state index contributed by atoms with van der Waals surface area (Å²) in [4.78, 5) is 24.0. The number of ether oxygens (including phenoxy) is 1. The average molecular weight is 356 g/mol. The number of benzene rings is 1. The van der Waals surface area contributed by atoms with Crippen LogP contribution in [0.3, 0.4) is 0 Å². The summed E-state index contributed by atoms with van der Waals surface area (Å²) in [7, 11) is 1.61. The molecule has 7 nitrogen and oxygen atoms in total. The van der Waals surface area contributed by atoms with Crippen LogP contribution in [0.5, 0.6) is 5.75 Å². The van der Waals surface area contributed by atoms with Gasteiger partial charge in [-0.25, -0.2) is 9.48 Å². The van der Waals surface area contributed by atoms with Gasteiger partial charge in [0.1, 0.15) is 5.75 Å². The van der Waals surface area contributed by atoms with Gasteiger partial charge >= 0.3 is 6.03 Å². The lowest BCUT2D eigenvalue weighted by Crippen LogP contribution is -2.38. The first-order valence-electron chi connectivity index (χ1n) is 8.90. The summed E-state index contributed by atoms with van der Waals surface area (Å²) in [5, 5.41) is 9.99. The molecule has 0 unspecified atom stereocenters. The second-order valence-corrected chi connectivity index (χ2v) is 6.34. The summed E-state index contributed by atoms with van der Waals surface area (Å²) in [6, 6.07) is 8.91. The highest BCUT2D eigenvalue weighted by Crippen LogP contribution is 2.16. The zero-order chi connectivity index (χ0) is 18.4. The van der Waals surface area contributed by atoms with E-state index in [1.807, 2.05) is 24.3 Å². The van der Waals surface area contributed by atoms with E-state index in [9.17, 15) is 9.59 Å². The van der Waals surface area contributed by atoms with Crippen LogP contribution >= 0.6 is 0 Å². The molecule has 0 radical (unpaired) electrons. The Morgan fingerprint density at radius 1 is 1.19 bits per heavy atom. The van der Waals surface area contributed by atoms with Crippen LogP contribution in [-0.4, -0.2) is 29.5 Å². The fourth-order valence-electron chi connectivity index (χ4n) is 3.02. The van der Waals surface area contributed by atoms with Gasteiger partial charge in [0.25, 0.3) is 5.56 Å². The van der Waals surface area contributed by atoms with Gasteiger partial charge < -0.3 is 15.4 Å². The number of aryl methyl sites for hydroxylation is 2. The third kappa shape index (κ3) is 4.62. The molecule has 0 atom stereocenters. The summed E-state index contributed by atoms with van der Waals surface area (Å²) in [6.45, 7) is 1.13. The van der Waals surface area contributed by atoms with Crippen molar-refractivity contribution >= 4 is 6.03 Å². The molecule has 0 spiro atoms. The Labute approximate surface area is 152 Å². The van der Waals surface area contributed by atoms with Crippen molar-refractivity contribution in [2.75, 3.05) is 13.7 Å². The number of aromatic nitrogens is 2. The number of nitrogens with zero attached hydrogens (tertiary/aromatic N) is 2. The highest BCUT2D eigenvalue weighted by atomic mass is 16.5. The van der Waals surface area contributed by atoms with E-state index in [0.29, 0.717) is 19.6 Å². The summed E-state index contributed by atoms with van der Waals surface area (Å²) >= 11 is 0. The fourth-order valence-corrected chi connectivity index (χ4v) is 3.02. The maximum atomic E-state index is 12.1. The van der Waals surface area contributed by atoms with Gasteiger partial charge in [-0.3, -0.25) is 4.79 Å². The molecule has 1 aliphatic rings. The number of methoxy groups -OCH3 is 1. The van der Waals surface area contributed by atoms with Crippen LogP contribution in [-0.2, 0) is 25.9 Å². The van der Waals surface area contributed by atoms with Gasteiger partial charge in [0, 0.05) is 19.2 Å². The highest BCUT2D eigenvalue weighted by Gasteiger charge is 2.13. The van der Waals surface area contributed by atoms with E-state index in [4.69, 9.17) is 4.74 Å². The molecule has 2 amide bonds. The number of carbonyl (C=O) groups is 1. The van der Waals surface area contributed by atoms with Crippen molar-refractivity contribution in [3.8, 4) is 5.75 Å². The Balaban J connectivity index is 1.45. The van der Waals surface area contributed by atoms with E-state index in [1.165, 1.54) is 4.68 Å². The molecule has 26 heavy (non-hydrogen) atoms. The van der Waals surface area contributed by atoms with Crippen LogP contribution in [0, 0.1) is 0 Å². The number of rotatable bonds is 6. The van der Waals surface area contributed by atoms with Gasteiger partial charge in [0.05, 0.1) is 19.3 Å². The lowest BCUT2D eigenvalue weighted by atomic mass is 9.97. The van der Waals surface area contributed by atoms with Crippen LogP contribution in [0.1, 0.15) is 29.7 Å². The summed E-state index contributed by atoms with van der Waals surface area (Å²) in [5.41, 5.74) is 2.96. The van der Waals surface area contributed by atoms with Crippen LogP contribution in [0.4, 0.5) is 4.79 Å². The average Bonchev–Trinajstić information content (AvgIpc) is 2.67. The minimum Gasteiger partial charge on any atom is -0.497 e. The van der Waals surface area contributed by atoms with E-state index in [0.717, 1.165) is 48.3 Å². The van der Waals surface area contributed by atoms with Gasteiger partial charge in [-0.1, -0.05) is 12.1 Å². The van der Waals surface area contributed by atoms with Gasteiger partial charge in [0.15, 0.2) is 0 Å². The first kappa shape index (κ1) is 18.0. The minimum absolute atomic E-state index is 0.105. The molecule has 1 aromatic carbocycles. The van der Waals surface area contributed by atoms with Crippen molar-refractivity contribution in [1.29, 1.82) is 0 Å². The molecule has 2 N–H and O–H groups in total. The van der Waals surface area contributed by atoms with E-state index < -0.39 is 0 Å². The Hall–Kier alpha value is -2.83. The summed E-state index contributed by atoms with van der Waals surface area (Å²) in [5.74, 6) is 0.779. The second-order valence-electron chi connectivity index (χ2n) is 6.34. The molecule has 0 saturated carbocycles. The molecule has 0 aliphatic heterocycles. The quantitative estimate of drug-likeness (QED) is 0.824. The molecular formula is C19H24N4O3. The molecule has 0 fully saturated rings. The highest BCUT2D eigenvalue weighted by molar-refractivity contribution is 5.73. The number of nitrogens with one attached hydrogen (secondary N) is 2. The number of hydrogen-bond acceptors (Lipinski definition) is 4. The molecule has 2 aromatic rings. The molecule has 1 aliphatic carbocycles.